The summed E-state index contributed by atoms with van der Waals surface area (Å²) in [5.41, 5.74) is 12.1. The Labute approximate surface area is 289 Å². The molecule has 0 bridgehead atoms. The second kappa shape index (κ2) is 17.7. The van der Waals surface area contributed by atoms with Crippen LogP contribution < -0.4 is 16.4 Å². The quantitative estimate of drug-likeness (QED) is 0.0812. The molecule has 0 radical (unpaired) electrons. The van der Waals surface area contributed by atoms with Crippen molar-refractivity contribution in [1.29, 1.82) is 0 Å². The van der Waals surface area contributed by atoms with Crippen molar-refractivity contribution in [2.45, 2.75) is 76.7 Å². The molecule has 1 saturated heterocycles. The molecule has 9 nitrogen and oxygen atoms in total. The minimum absolute atomic E-state index is 0.000684. The van der Waals surface area contributed by atoms with Gasteiger partial charge in [-0.2, -0.15) is 0 Å². The second-order valence-corrected chi connectivity index (χ2v) is 12.7. The highest BCUT2D eigenvalue weighted by atomic mass is 16.7. The Morgan fingerprint density at radius 1 is 0.837 bits per heavy atom. The molecule has 4 atom stereocenters. The number of rotatable bonds is 15. The highest BCUT2D eigenvalue weighted by molar-refractivity contribution is 5.93. The van der Waals surface area contributed by atoms with Gasteiger partial charge in [0.2, 0.25) is 11.8 Å². The van der Waals surface area contributed by atoms with E-state index in [2.05, 4.69) is 53.8 Å². The first-order valence-corrected chi connectivity index (χ1v) is 17.0. The fourth-order valence-electron chi connectivity index (χ4n) is 5.97. The van der Waals surface area contributed by atoms with Crippen LogP contribution in [0.5, 0.6) is 0 Å². The first-order chi connectivity index (χ1) is 23.8. The highest BCUT2D eigenvalue weighted by Gasteiger charge is 2.33. The molecule has 0 aromatic heterocycles. The summed E-state index contributed by atoms with van der Waals surface area (Å²) in [7, 11) is 2.12. The fourth-order valence-corrected chi connectivity index (χ4v) is 5.97. The normalized spacial score (nSPS) is 18.2. The van der Waals surface area contributed by atoms with E-state index in [1.807, 2.05) is 66.7 Å². The Morgan fingerprint density at radius 3 is 2.16 bits per heavy atom. The van der Waals surface area contributed by atoms with E-state index in [0.717, 1.165) is 28.8 Å². The minimum atomic E-state index is -0.555. The molecule has 5 rings (SSSR count). The lowest BCUT2D eigenvalue weighted by Gasteiger charge is -2.39. The summed E-state index contributed by atoms with van der Waals surface area (Å²) >= 11 is 0. The lowest BCUT2D eigenvalue weighted by Crippen LogP contribution is -2.38. The van der Waals surface area contributed by atoms with Crippen LogP contribution in [0.25, 0.3) is 0 Å². The number of nitrogens with two attached hydrogens (primary N) is 1. The van der Waals surface area contributed by atoms with Crippen LogP contribution >= 0.6 is 0 Å². The molecule has 4 aromatic rings. The van der Waals surface area contributed by atoms with E-state index in [1.54, 1.807) is 12.1 Å². The smallest absolute Gasteiger partial charge is 0.224 e. The van der Waals surface area contributed by atoms with Crippen molar-refractivity contribution in [3.8, 4) is 0 Å². The SMILES string of the molecule is C[C@@H](c1ccccc1)N(C)C[C@@H]1C[C@H](c2ccc(CO)cc2)O[C@H](c2ccc(CNC(=O)CCCCC(=O)Nc3ccccc3N)cc2)O1. The molecule has 258 valence electrons. The van der Waals surface area contributed by atoms with Crippen molar-refractivity contribution in [3.05, 3.63) is 131 Å². The molecule has 1 fully saturated rings. The molecule has 49 heavy (non-hydrogen) atoms. The maximum Gasteiger partial charge on any atom is 0.224 e. The van der Waals surface area contributed by atoms with Crippen LogP contribution in [-0.2, 0) is 32.2 Å². The number of para-hydroxylation sites is 2. The Balaban J connectivity index is 1.13. The molecular formula is C40H48N4O5. The van der Waals surface area contributed by atoms with Gasteiger partial charge in [0.1, 0.15) is 0 Å². The maximum atomic E-state index is 12.5. The molecule has 1 aliphatic heterocycles. The summed E-state index contributed by atoms with van der Waals surface area (Å²) in [6.07, 6.45) is 1.81. The van der Waals surface area contributed by atoms with E-state index in [9.17, 15) is 14.7 Å². The average molecular weight is 665 g/mol. The monoisotopic (exact) mass is 664 g/mol. The summed E-state index contributed by atoms with van der Waals surface area (Å²) in [4.78, 5) is 27.0. The van der Waals surface area contributed by atoms with Crippen molar-refractivity contribution < 1.29 is 24.2 Å². The summed E-state index contributed by atoms with van der Waals surface area (Å²) in [6, 6.07) is 33.7. The standard InChI is InChI=1S/C40H48N4O5/c1-28(31-10-4-3-5-11-31)44(2)26-34-24-37(32-20-18-30(27-45)19-21-32)49-40(48-34)33-22-16-29(17-23-33)25-42-38(46)14-8-9-15-39(47)43-36-13-7-6-12-35(36)41/h3-7,10-13,16-23,28,34,37,40,45H,8-9,14-15,24-27,41H2,1-2H3,(H,42,46)(H,43,47)/t28-,34-,37+,40+/m0/s1. The number of benzene rings is 4. The largest absolute Gasteiger partial charge is 0.397 e. The summed E-state index contributed by atoms with van der Waals surface area (Å²) in [6.45, 7) is 3.35. The number of amides is 2. The number of aliphatic hydroxyl groups excluding tert-OH is 1. The third-order valence-corrected chi connectivity index (χ3v) is 9.08. The number of nitrogen functional groups attached to an aromatic ring is 1. The zero-order valence-electron chi connectivity index (χ0n) is 28.4. The van der Waals surface area contributed by atoms with Gasteiger partial charge >= 0.3 is 0 Å². The molecule has 1 heterocycles. The molecule has 4 aromatic carbocycles. The number of hydrogen-bond donors (Lipinski definition) is 4. The predicted molar refractivity (Wildman–Crippen MR) is 192 cm³/mol. The molecule has 0 spiro atoms. The molecule has 0 aliphatic carbocycles. The summed E-state index contributed by atoms with van der Waals surface area (Å²) in [5.74, 6) is -0.169. The Hall–Kier alpha value is -4.54. The van der Waals surface area contributed by atoms with Gasteiger partial charge in [-0.3, -0.25) is 14.5 Å². The number of aliphatic hydroxyl groups is 1. The topological polar surface area (TPSA) is 126 Å². The number of carbonyl (C=O) groups excluding carboxylic acids is 2. The zero-order valence-corrected chi connectivity index (χ0v) is 28.4. The van der Waals surface area contributed by atoms with E-state index in [0.29, 0.717) is 50.0 Å². The number of unbranched alkanes of at least 4 members (excludes halogenated alkanes) is 1. The number of likely N-dealkylation sites (N-methyl/N-ethyl adjacent to an activating group) is 1. The Bertz CT molecular complexity index is 1630. The van der Waals surface area contributed by atoms with Gasteiger partial charge in [0, 0.05) is 44.0 Å². The van der Waals surface area contributed by atoms with Crippen molar-refractivity contribution in [3.63, 3.8) is 0 Å². The average Bonchev–Trinajstić information content (AvgIpc) is 3.13. The summed E-state index contributed by atoms with van der Waals surface area (Å²) < 4.78 is 13.1. The molecule has 0 unspecified atom stereocenters. The van der Waals surface area contributed by atoms with Gasteiger partial charge in [0.25, 0.3) is 0 Å². The van der Waals surface area contributed by atoms with Crippen LogP contribution in [0, 0.1) is 0 Å². The van der Waals surface area contributed by atoms with E-state index in [-0.39, 0.29) is 36.7 Å². The van der Waals surface area contributed by atoms with Gasteiger partial charge in [-0.25, -0.2) is 0 Å². The fraction of sp³-hybridized carbons (Fsp3) is 0.350. The van der Waals surface area contributed by atoms with Crippen LogP contribution in [0.4, 0.5) is 11.4 Å². The first kappa shape index (κ1) is 35.8. The number of ether oxygens (including phenoxy) is 2. The molecule has 2 amide bonds. The van der Waals surface area contributed by atoms with E-state index >= 15 is 0 Å². The molecule has 1 aliphatic rings. The van der Waals surface area contributed by atoms with Gasteiger partial charge in [-0.1, -0.05) is 91.0 Å². The molecular weight excluding hydrogens is 616 g/mol. The van der Waals surface area contributed by atoms with Gasteiger partial charge in [-0.05, 0) is 61.2 Å². The number of carbonyl (C=O) groups is 2. The van der Waals surface area contributed by atoms with E-state index in [1.165, 1.54) is 5.56 Å². The number of nitrogens with one attached hydrogen (secondary N) is 2. The Kier molecular flexibility index (Phi) is 12.9. The van der Waals surface area contributed by atoms with Crippen molar-refractivity contribution in [2.24, 2.45) is 0 Å². The first-order valence-electron chi connectivity index (χ1n) is 17.0. The second-order valence-electron chi connectivity index (χ2n) is 12.7. The number of nitrogens with zero attached hydrogens (tertiary/aromatic N) is 1. The lowest BCUT2D eigenvalue weighted by atomic mass is 9.99. The molecule has 5 N–H and O–H groups in total. The van der Waals surface area contributed by atoms with Gasteiger partial charge in [-0.15, -0.1) is 0 Å². The van der Waals surface area contributed by atoms with Crippen LogP contribution in [0.1, 0.15) is 85.3 Å². The van der Waals surface area contributed by atoms with Crippen molar-refractivity contribution in [1.82, 2.24) is 10.2 Å². The van der Waals surface area contributed by atoms with Crippen molar-refractivity contribution in [2.75, 3.05) is 24.6 Å². The third kappa shape index (κ3) is 10.5. The van der Waals surface area contributed by atoms with E-state index in [4.69, 9.17) is 15.2 Å². The molecule has 0 saturated carbocycles. The van der Waals surface area contributed by atoms with Gasteiger partial charge in [0.15, 0.2) is 6.29 Å². The molecule has 9 heteroatoms. The third-order valence-electron chi connectivity index (χ3n) is 9.08. The van der Waals surface area contributed by atoms with Crippen LogP contribution in [0.2, 0.25) is 0 Å². The predicted octanol–water partition coefficient (Wildman–Crippen LogP) is 6.81. The Morgan fingerprint density at radius 2 is 1.47 bits per heavy atom. The van der Waals surface area contributed by atoms with Crippen LogP contribution in [-0.4, -0.2) is 41.5 Å². The van der Waals surface area contributed by atoms with Gasteiger partial charge < -0.3 is 30.9 Å². The lowest BCUT2D eigenvalue weighted by molar-refractivity contribution is -0.253. The van der Waals surface area contributed by atoms with E-state index < -0.39 is 6.29 Å². The van der Waals surface area contributed by atoms with Crippen LogP contribution in [0.3, 0.4) is 0 Å². The zero-order chi connectivity index (χ0) is 34.6. The maximum absolute atomic E-state index is 12.5. The summed E-state index contributed by atoms with van der Waals surface area (Å²) in [5, 5.41) is 15.3. The highest BCUT2D eigenvalue weighted by Crippen LogP contribution is 2.38. The minimum Gasteiger partial charge on any atom is -0.397 e. The number of hydrogen-bond acceptors (Lipinski definition) is 7. The van der Waals surface area contributed by atoms with Gasteiger partial charge in [0.05, 0.1) is 30.2 Å². The number of anilines is 2. The van der Waals surface area contributed by atoms with Crippen LogP contribution in [0.15, 0.2) is 103 Å². The van der Waals surface area contributed by atoms with Crippen molar-refractivity contribution >= 4 is 23.2 Å².